The highest BCUT2D eigenvalue weighted by atomic mass is 19.2. The fourth-order valence-corrected chi connectivity index (χ4v) is 4.65. The van der Waals surface area contributed by atoms with Gasteiger partial charge in [-0.1, -0.05) is 20.8 Å². The van der Waals surface area contributed by atoms with E-state index in [1.54, 1.807) is 32.9 Å². The zero-order valence-electron chi connectivity index (χ0n) is 17.3. The molecule has 0 fully saturated rings. The number of esters is 1. The molecule has 160 valence electrons. The smallest absolute Gasteiger partial charge is 0.343 e. The van der Waals surface area contributed by atoms with Gasteiger partial charge in [-0.3, -0.25) is 4.79 Å². The van der Waals surface area contributed by atoms with Crippen LogP contribution in [0, 0.1) is 11.6 Å². The molecular weight excluding hydrogens is 406 g/mol. The minimum Gasteiger partial charge on any atom is -0.458 e. The number of halogens is 2. The fraction of sp³-hybridized carbons (Fsp3) is 0.348. The van der Waals surface area contributed by atoms with Gasteiger partial charge in [-0.2, -0.15) is 0 Å². The Morgan fingerprint density at radius 2 is 2.00 bits per heavy atom. The van der Waals surface area contributed by atoms with Gasteiger partial charge in [0.05, 0.1) is 29.0 Å². The summed E-state index contributed by atoms with van der Waals surface area (Å²) in [6.45, 7) is 5.18. The highest BCUT2D eigenvalue weighted by molar-refractivity contribution is 5.88. The van der Waals surface area contributed by atoms with Gasteiger partial charge in [0.15, 0.2) is 17.2 Å². The Morgan fingerprint density at radius 1 is 1.26 bits per heavy atom. The van der Waals surface area contributed by atoms with Crippen LogP contribution in [0.1, 0.15) is 55.4 Å². The average molecular weight is 426 g/mol. The van der Waals surface area contributed by atoms with Crippen LogP contribution in [0.2, 0.25) is 0 Å². The lowest BCUT2D eigenvalue weighted by atomic mass is 9.86. The molecule has 4 heterocycles. The molecule has 1 atom stereocenters. The number of benzene rings is 1. The van der Waals surface area contributed by atoms with Gasteiger partial charge in [-0.25, -0.2) is 18.6 Å². The predicted octanol–water partition coefficient (Wildman–Crippen LogP) is 3.48. The highest BCUT2D eigenvalue weighted by Crippen LogP contribution is 2.40. The second kappa shape index (κ2) is 6.43. The summed E-state index contributed by atoms with van der Waals surface area (Å²) in [5, 5.41) is 11.4. The maximum atomic E-state index is 14.5. The number of pyridine rings is 2. The van der Waals surface area contributed by atoms with Crippen molar-refractivity contribution in [2.75, 3.05) is 0 Å². The van der Waals surface area contributed by atoms with Gasteiger partial charge in [0.2, 0.25) is 0 Å². The number of aliphatic hydroxyl groups is 1. The van der Waals surface area contributed by atoms with Crippen molar-refractivity contribution in [1.29, 1.82) is 0 Å². The summed E-state index contributed by atoms with van der Waals surface area (Å²) in [5.41, 5.74) is 0.237. The number of carbonyl (C=O) groups is 1. The third kappa shape index (κ3) is 2.54. The zero-order chi connectivity index (χ0) is 22.2. The molecule has 0 unspecified atom stereocenters. The zero-order valence-corrected chi connectivity index (χ0v) is 17.3. The number of ether oxygens (including phenoxy) is 1. The molecular formula is C23H20F2N2O4. The number of carbonyl (C=O) groups excluding carboxylic acids is 1. The van der Waals surface area contributed by atoms with Gasteiger partial charge < -0.3 is 14.4 Å². The van der Waals surface area contributed by atoms with Crippen molar-refractivity contribution in [3.63, 3.8) is 0 Å². The normalized spacial score (nSPS) is 19.4. The van der Waals surface area contributed by atoms with Crippen LogP contribution >= 0.6 is 0 Å². The number of nitrogens with zero attached hydrogens (tertiary/aromatic N) is 2. The number of cyclic esters (lactones) is 1. The Labute approximate surface area is 176 Å². The Hall–Kier alpha value is -3.13. The standard InChI is InChI=1S/C23H20F2N2O4/c1-4-23(30)14-6-17-20-11(8-27(17)21(28)13(14)9-31-22(23)29)5-12-16(26-20)7-15(24)19(25)18(12)10(2)3/h5-7,10,30H,4,8-9H2,1-3H3/t23-/m0/s1. The van der Waals surface area contributed by atoms with E-state index in [4.69, 9.17) is 4.74 Å². The second-order valence-electron chi connectivity index (χ2n) is 8.41. The molecule has 8 heteroatoms. The molecule has 2 aliphatic heterocycles. The molecule has 0 radical (unpaired) electrons. The third-order valence-corrected chi connectivity index (χ3v) is 6.32. The van der Waals surface area contributed by atoms with Crippen LogP contribution in [0.4, 0.5) is 8.78 Å². The van der Waals surface area contributed by atoms with E-state index in [1.165, 1.54) is 4.57 Å². The largest absolute Gasteiger partial charge is 0.458 e. The number of aromatic nitrogens is 2. The number of rotatable bonds is 2. The molecule has 3 aromatic rings. The van der Waals surface area contributed by atoms with Gasteiger partial charge in [-0.05, 0) is 24.5 Å². The lowest BCUT2D eigenvalue weighted by Crippen LogP contribution is -2.44. The first-order valence-corrected chi connectivity index (χ1v) is 10.2. The molecule has 6 nitrogen and oxygen atoms in total. The van der Waals surface area contributed by atoms with Gasteiger partial charge in [0.25, 0.3) is 5.56 Å². The Kier molecular flexibility index (Phi) is 4.11. The van der Waals surface area contributed by atoms with Crippen LogP contribution in [-0.2, 0) is 28.3 Å². The van der Waals surface area contributed by atoms with Gasteiger partial charge in [-0.15, -0.1) is 0 Å². The topological polar surface area (TPSA) is 81.4 Å². The lowest BCUT2D eigenvalue weighted by molar-refractivity contribution is -0.172. The van der Waals surface area contributed by atoms with Crippen molar-refractivity contribution in [3.05, 3.63) is 62.4 Å². The van der Waals surface area contributed by atoms with E-state index in [0.29, 0.717) is 22.3 Å². The summed E-state index contributed by atoms with van der Waals surface area (Å²) in [6, 6.07) is 4.39. The summed E-state index contributed by atoms with van der Waals surface area (Å²) < 4.78 is 35.3. The Morgan fingerprint density at radius 3 is 2.68 bits per heavy atom. The number of hydrogen-bond acceptors (Lipinski definition) is 5. The molecule has 0 bridgehead atoms. The highest BCUT2D eigenvalue weighted by Gasteiger charge is 2.45. The average Bonchev–Trinajstić information content (AvgIpc) is 3.08. The van der Waals surface area contributed by atoms with Crippen molar-refractivity contribution < 1.29 is 23.4 Å². The van der Waals surface area contributed by atoms with E-state index in [1.807, 2.05) is 0 Å². The predicted molar refractivity (Wildman–Crippen MR) is 109 cm³/mol. The van der Waals surface area contributed by atoms with Crippen LogP contribution < -0.4 is 5.56 Å². The Bertz CT molecular complexity index is 1360. The van der Waals surface area contributed by atoms with Gasteiger partial charge in [0, 0.05) is 28.1 Å². The molecule has 1 aromatic carbocycles. The van der Waals surface area contributed by atoms with E-state index in [0.717, 1.165) is 6.07 Å². The summed E-state index contributed by atoms with van der Waals surface area (Å²) in [4.78, 5) is 30.0. The summed E-state index contributed by atoms with van der Waals surface area (Å²) in [6.07, 6.45) is 0.0436. The summed E-state index contributed by atoms with van der Waals surface area (Å²) >= 11 is 0. The van der Waals surface area contributed by atoms with Crippen molar-refractivity contribution in [1.82, 2.24) is 9.55 Å². The van der Waals surface area contributed by atoms with Crippen LogP contribution in [0.15, 0.2) is 23.0 Å². The van der Waals surface area contributed by atoms with Crippen LogP contribution in [0.25, 0.3) is 22.3 Å². The molecule has 0 saturated carbocycles. The van der Waals surface area contributed by atoms with Crippen LogP contribution in [0.3, 0.4) is 0 Å². The maximum Gasteiger partial charge on any atom is 0.343 e. The van der Waals surface area contributed by atoms with E-state index in [-0.39, 0.29) is 53.3 Å². The first-order valence-electron chi connectivity index (χ1n) is 10.2. The Balaban J connectivity index is 1.80. The number of fused-ring (bicyclic) bond motifs is 5. The quantitative estimate of drug-likeness (QED) is 0.497. The monoisotopic (exact) mass is 426 g/mol. The fourth-order valence-electron chi connectivity index (χ4n) is 4.65. The molecule has 0 saturated heterocycles. The van der Waals surface area contributed by atoms with Crippen molar-refractivity contribution in [3.8, 4) is 11.4 Å². The van der Waals surface area contributed by atoms with E-state index < -0.39 is 23.2 Å². The van der Waals surface area contributed by atoms with Crippen molar-refractivity contribution in [2.45, 2.75) is 51.9 Å². The summed E-state index contributed by atoms with van der Waals surface area (Å²) in [7, 11) is 0. The summed E-state index contributed by atoms with van der Waals surface area (Å²) in [5.74, 6) is -2.93. The molecule has 0 aliphatic carbocycles. The van der Waals surface area contributed by atoms with Crippen LogP contribution in [-0.4, -0.2) is 20.6 Å². The maximum absolute atomic E-state index is 14.5. The molecule has 31 heavy (non-hydrogen) atoms. The van der Waals surface area contributed by atoms with Crippen molar-refractivity contribution >= 4 is 16.9 Å². The first kappa shape index (κ1) is 19.8. The number of hydrogen-bond donors (Lipinski definition) is 1. The third-order valence-electron chi connectivity index (χ3n) is 6.32. The molecule has 5 rings (SSSR count). The molecule has 0 amide bonds. The molecule has 1 N–H and O–H groups in total. The van der Waals surface area contributed by atoms with E-state index in [9.17, 15) is 23.5 Å². The minimum atomic E-state index is -1.91. The van der Waals surface area contributed by atoms with Crippen molar-refractivity contribution in [2.24, 2.45) is 0 Å². The first-order chi connectivity index (χ1) is 14.7. The van der Waals surface area contributed by atoms with Gasteiger partial charge in [0.1, 0.15) is 6.61 Å². The van der Waals surface area contributed by atoms with Gasteiger partial charge >= 0.3 is 5.97 Å². The van der Waals surface area contributed by atoms with Crippen LogP contribution in [0.5, 0.6) is 0 Å². The lowest BCUT2D eigenvalue weighted by Gasteiger charge is -2.31. The molecule has 2 aromatic heterocycles. The minimum absolute atomic E-state index is 0.0436. The molecule has 2 aliphatic rings. The van der Waals surface area contributed by atoms with E-state index >= 15 is 0 Å². The second-order valence-corrected chi connectivity index (χ2v) is 8.41. The van der Waals surface area contributed by atoms with E-state index in [2.05, 4.69) is 4.98 Å². The molecule has 0 spiro atoms. The SMILES string of the molecule is CC[C@@]1(O)C(=O)OCc2c1cc1n(c2=O)Cc2cc3c(C(C)C)c(F)c(F)cc3nc2-1.